The number of amides is 1. The van der Waals surface area contributed by atoms with Gasteiger partial charge in [0.1, 0.15) is 16.6 Å². The quantitative estimate of drug-likeness (QED) is 0.673. The van der Waals surface area contributed by atoms with Crippen LogP contribution in [0.25, 0.3) is 0 Å². The van der Waals surface area contributed by atoms with Crippen LogP contribution in [0.15, 0.2) is 58.5 Å². The average Bonchev–Trinajstić information content (AvgIpc) is 2.98. The first-order valence-electron chi connectivity index (χ1n) is 10.6. The van der Waals surface area contributed by atoms with Crippen LogP contribution in [0.1, 0.15) is 44.1 Å². The van der Waals surface area contributed by atoms with E-state index in [9.17, 15) is 9.18 Å². The standard InChI is InChI=1S/C24H26FN3O2S/c1-30-20-12-10-19(11-13-20)26-21(29)16-31-23-22(17-6-8-18(25)9-7-17)27-24(28-23)14-4-2-3-5-15-24/h6-13H,2-5,14-16H2,1H3,(H,26,29). The summed E-state index contributed by atoms with van der Waals surface area (Å²) >= 11 is 1.39. The first-order valence-corrected chi connectivity index (χ1v) is 11.6. The molecule has 5 nitrogen and oxygen atoms in total. The van der Waals surface area contributed by atoms with Crippen molar-refractivity contribution in [2.75, 3.05) is 18.2 Å². The van der Waals surface area contributed by atoms with Gasteiger partial charge in [-0.1, -0.05) is 24.6 Å². The lowest BCUT2D eigenvalue weighted by Crippen LogP contribution is -2.20. The van der Waals surface area contributed by atoms with Gasteiger partial charge in [0.15, 0.2) is 5.66 Å². The molecule has 1 spiro atoms. The molecule has 1 fully saturated rings. The van der Waals surface area contributed by atoms with Gasteiger partial charge in [0.25, 0.3) is 0 Å². The SMILES string of the molecule is COc1ccc(NC(=O)CSC2=NC3(CCCCCC3)N=C2c2ccc(F)cc2)cc1. The molecule has 0 unspecified atom stereocenters. The number of rotatable bonds is 5. The van der Waals surface area contributed by atoms with Gasteiger partial charge in [0.05, 0.1) is 18.6 Å². The molecule has 1 aliphatic heterocycles. The highest BCUT2D eigenvalue weighted by atomic mass is 32.2. The molecule has 0 atom stereocenters. The van der Waals surface area contributed by atoms with E-state index < -0.39 is 5.66 Å². The minimum absolute atomic E-state index is 0.113. The zero-order chi connectivity index (χ0) is 21.7. The molecule has 2 aromatic rings. The number of nitrogens with one attached hydrogen (secondary N) is 1. The predicted octanol–water partition coefficient (Wildman–Crippen LogP) is 5.46. The summed E-state index contributed by atoms with van der Waals surface area (Å²) in [5, 5.41) is 3.66. The fourth-order valence-electron chi connectivity index (χ4n) is 3.94. The Labute approximate surface area is 186 Å². The number of nitrogens with zero attached hydrogens (tertiary/aromatic N) is 2. The van der Waals surface area contributed by atoms with E-state index in [1.807, 2.05) is 0 Å². The Morgan fingerprint density at radius 2 is 1.71 bits per heavy atom. The van der Waals surface area contributed by atoms with Crippen LogP contribution in [0.5, 0.6) is 5.75 Å². The lowest BCUT2D eigenvalue weighted by molar-refractivity contribution is -0.113. The fraction of sp³-hybridized carbons (Fsp3) is 0.375. The number of halogens is 1. The van der Waals surface area contributed by atoms with Crippen LogP contribution in [-0.2, 0) is 4.79 Å². The Bertz CT molecular complexity index is 979. The summed E-state index contributed by atoms with van der Waals surface area (Å²) in [6.45, 7) is 0. The maximum absolute atomic E-state index is 13.4. The Morgan fingerprint density at radius 1 is 1.03 bits per heavy atom. The Kier molecular flexibility index (Phi) is 6.70. The van der Waals surface area contributed by atoms with Crippen LogP contribution in [-0.4, -0.2) is 35.2 Å². The molecule has 1 heterocycles. The largest absolute Gasteiger partial charge is 0.497 e. The summed E-state index contributed by atoms with van der Waals surface area (Å²) in [5.74, 6) is 0.567. The summed E-state index contributed by atoms with van der Waals surface area (Å²) in [5.41, 5.74) is 1.88. The molecular weight excluding hydrogens is 413 g/mol. The van der Waals surface area contributed by atoms with Gasteiger partial charge < -0.3 is 10.1 Å². The van der Waals surface area contributed by atoms with Gasteiger partial charge in [-0.05, 0) is 74.2 Å². The van der Waals surface area contributed by atoms with Crippen molar-refractivity contribution in [1.29, 1.82) is 0 Å². The highest BCUT2D eigenvalue weighted by Gasteiger charge is 2.37. The maximum Gasteiger partial charge on any atom is 0.234 e. The highest BCUT2D eigenvalue weighted by molar-refractivity contribution is 8.16. The molecule has 162 valence electrons. The molecule has 31 heavy (non-hydrogen) atoms. The number of hydrogen-bond donors (Lipinski definition) is 1. The first-order chi connectivity index (χ1) is 15.1. The van der Waals surface area contributed by atoms with Crippen LogP contribution < -0.4 is 10.1 Å². The monoisotopic (exact) mass is 439 g/mol. The summed E-state index contributed by atoms with van der Waals surface area (Å²) in [4.78, 5) is 22.6. The average molecular weight is 440 g/mol. The van der Waals surface area contributed by atoms with Crippen molar-refractivity contribution in [3.05, 3.63) is 59.9 Å². The molecule has 1 amide bonds. The van der Waals surface area contributed by atoms with Crippen molar-refractivity contribution in [1.82, 2.24) is 0 Å². The van der Waals surface area contributed by atoms with Crippen molar-refractivity contribution < 1.29 is 13.9 Å². The van der Waals surface area contributed by atoms with Gasteiger partial charge in [-0.25, -0.2) is 9.38 Å². The maximum atomic E-state index is 13.4. The lowest BCUT2D eigenvalue weighted by Gasteiger charge is -2.20. The number of thioether (sulfide) groups is 1. The molecule has 4 rings (SSSR count). The number of anilines is 1. The van der Waals surface area contributed by atoms with Crippen LogP contribution in [0, 0.1) is 5.82 Å². The Morgan fingerprint density at radius 3 is 2.35 bits per heavy atom. The molecule has 2 aromatic carbocycles. The molecular formula is C24H26FN3O2S. The summed E-state index contributed by atoms with van der Waals surface area (Å²) in [6.07, 6.45) is 6.43. The van der Waals surface area contributed by atoms with E-state index in [1.165, 1.54) is 36.7 Å². The number of methoxy groups -OCH3 is 1. The third-order valence-corrected chi connectivity index (χ3v) is 6.53. The van der Waals surface area contributed by atoms with Crippen LogP contribution in [0.3, 0.4) is 0 Å². The van der Waals surface area contributed by atoms with Gasteiger partial charge in [0, 0.05) is 11.3 Å². The third kappa shape index (κ3) is 5.34. The van der Waals surface area contributed by atoms with Crippen LogP contribution in [0.4, 0.5) is 10.1 Å². The van der Waals surface area contributed by atoms with E-state index >= 15 is 0 Å². The van der Waals surface area contributed by atoms with Gasteiger partial charge in [-0.2, -0.15) is 0 Å². The zero-order valence-electron chi connectivity index (χ0n) is 17.6. The second-order valence-electron chi connectivity index (χ2n) is 7.85. The summed E-state index contributed by atoms with van der Waals surface area (Å²) in [6, 6.07) is 13.6. The van der Waals surface area contributed by atoms with E-state index in [0.717, 1.165) is 47.8 Å². The number of benzene rings is 2. The smallest absolute Gasteiger partial charge is 0.234 e. The Balaban J connectivity index is 1.49. The van der Waals surface area contributed by atoms with Crippen molar-refractivity contribution >= 4 is 34.1 Å². The van der Waals surface area contributed by atoms with E-state index in [2.05, 4.69) is 5.32 Å². The van der Waals surface area contributed by atoms with Gasteiger partial charge >= 0.3 is 0 Å². The summed E-state index contributed by atoms with van der Waals surface area (Å²) in [7, 11) is 1.61. The lowest BCUT2D eigenvalue weighted by atomic mass is 10.0. The number of ether oxygens (including phenoxy) is 1. The highest BCUT2D eigenvalue weighted by Crippen LogP contribution is 2.38. The van der Waals surface area contributed by atoms with E-state index in [0.29, 0.717) is 5.69 Å². The van der Waals surface area contributed by atoms with E-state index in [4.69, 9.17) is 14.7 Å². The first kappa shape index (κ1) is 21.6. The van der Waals surface area contributed by atoms with Gasteiger partial charge in [0.2, 0.25) is 5.91 Å². The minimum Gasteiger partial charge on any atom is -0.497 e. The van der Waals surface area contributed by atoms with Gasteiger partial charge in [-0.15, -0.1) is 0 Å². The molecule has 2 aliphatic rings. The van der Waals surface area contributed by atoms with Crippen molar-refractivity contribution in [3.8, 4) is 5.75 Å². The fourth-order valence-corrected chi connectivity index (χ4v) is 4.82. The molecule has 0 radical (unpaired) electrons. The van der Waals surface area contributed by atoms with Gasteiger partial charge in [-0.3, -0.25) is 9.79 Å². The van der Waals surface area contributed by atoms with Crippen molar-refractivity contribution in [3.63, 3.8) is 0 Å². The zero-order valence-corrected chi connectivity index (χ0v) is 18.4. The van der Waals surface area contributed by atoms with E-state index in [-0.39, 0.29) is 17.5 Å². The summed E-state index contributed by atoms with van der Waals surface area (Å²) < 4.78 is 18.6. The normalized spacial score (nSPS) is 17.6. The third-order valence-electron chi connectivity index (χ3n) is 5.57. The predicted molar refractivity (Wildman–Crippen MR) is 125 cm³/mol. The second kappa shape index (κ2) is 9.64. The number of carbonyl (C=O) groups is 1. The van der Waals surface area contributed by atoms with Crippen LogP contribution in [0.2, 0.25) is 0 Å². The van der Waals surface area contributed by atoms with E-state index in [1.54, 1.807) is 43.5 Å². The molecule has 0 aromatic heterocycles. The molecule has 0 bridgehead atoms. The van der Waals surface area contributed by atoms with Crippen molar-refractivity contribution in [2.24, 2.45) is 9.98 Å². The Hall–Kier alpha value is -2.67. The molecule has 0 saturated heterocycles. The van der Waals surface area contributed by atoms with Crippen molar-refractivity contribution in [2.45, 2.75) is 44.2 Å². The van der Waals surface area contributed by atoms with Crippen LogP contribution >= 0.6 is 11.8 Å². The molecule has 1 N–H and O–H groups in total. The number of carbonyl (C=O) groups excluding carboxylic acids is 1. The minimum atomic E-state index is -0.436. The molecule has 1 aliphatic carbocycles. The number of aliphatic imine (C=N–C) groups is 2. The number of hydrogen-bond acceptors (Lipinski definition) is 5. The topological polar surface area (TPSA) is 63.0 Å². The molecule has 7 heteroatoms. The molecule has 1 saturated carbocycles. The second-order valence-corrected chi connectivity index (χ2v) is 8.81.